The average molecular weight is 225 g/mol. The number of hydrogen-bond acceptors (Lipinski definition) is 3. The van der Waals surface area contributed by atoms with Crippen LogP contribution in [0.15, 0.2) is 0 Å². The second kappa shape index (κ2) is 7.41. The fraction of sp³-hybridized carbons (Fsp3) is 1.00. The van der Waals surface area contributed by atoms with Gasteiger partial charge < -0.3 is 18.5 Å². The summed E-state index contributed by atoms with van der Waals surface area (Å²) in [5.74, 6) is 0. The minimum Gasteiger partial charge on any atom is -0.779 e. The Balaban J connectivity index is 0. The Labute approximate surface area is 88.0 Å². The Bertz CT molecular complexity index is 167. The second-order valence-electron chi connectivity index (χ2n) is 3.52. The Kier molecular flexibility index (Phi) is 8.75. The molecule has 0 amide bonds. The zero-order valence-corrected chi connectivity index (χ0v) is 11.1. The fourth-order valence-corrected chi connectivity index (χ4v) is 0.671. The van der Waals surface area contributed by atoms with Crippen molar-refractivity contribution in [3.63, 3.8) is 0 Å². The predicted octanol–water partition coefficient (Wildman–Crippen LogP) is 1.31. The van der Waals surface area contributed by atoms with Crippen molar-refractivity contribution in [2.24, 2.45) is 0 Å². The third-order valence-electron chi connectivity index (χ3n) is 2.62. The molecular formula is C9H24NO3P. The van der Waals surface area contributed by atoms with Gasteiger partial charge in [0.15, 0.2) is 0 Å². The first-order chi connectivity index (χ1) is 6.24. The summed E-state index contributed by atoms with van der Waals surface area (Å²) in [7, 11) is 0.0278. The van der Waals surface area contributed by atoms with Crippen molar-refractivity contribution in [2.45, 2.75) is 20.8 Å². The molecule has 1 unspecified atom stereocenters. The highest BCUT2D eigenvalue weighted by molar-refractivity contribution is 7.50. The van der Waals surface area contributed by atoms with Crippen molar-refractivity contribution in [3.8, 4) is 0 Å². The Morgan fingerprint density at radius 2 is 1.43 bits per heavy atom. The smallest absolute Gasteiger partial charge is 0.131 e. The largest absolute Gasteiger partial charge is 0.779 e. The first-order valence-corrected chi connectivity index (χ1v) is 6.91. The maximum atomic E-state index is 9.81. The minimum absolute atomic E-state index is 1.02. The lowest BCUT2D eigenvalue weighted by molar-refractivity contribution is -0.904. The van der Waals surface area contributed by atoms with Crippen LogP contribution in [0.25, 0.3) is 0 Å². The molecule has 0 N–H and O–H groups in total. The van der Waals surface area contributed by atoms with Crippen molar-refractivity contribution in [1.29, 1.82) is 0 Å². The summed E-state index contributed by atoms with van der Waals surface area (Å²) in [6.45, 7) is 11.5. The van der Waals surface area contributed by atoms with E-state index in [1.165, 1.54) is 24.1 Å². The van der Waals surface area contributed by atoms with Gasteiger partial charge in [-0.3, -0.25) is 0 Å². The molecule has 0 aromatic rings. The maximum absolute atomic E-state index is 9.81. The zero-order chi connectivity index (χ0) is 11.8. The van der Waals surface area contributed by atoms with E-state index in [9.17, 15) is 9.46 Å². The number of quaternary nitrogens is 1. The van der Waals surface area contributed by atoms with Gasteiger partial charge in [-0.15, -0.1) is 0 Å². The highest BCUT2D eigenvalue weighted by Crippen LogP contribution is 2.28. The summed E-state index contributed by atoms with van der Waals surface area (Å²) in [4.78, 5) is 9.81. The molecule has 14 heavy (non-hydrogen) atoms. The molecule has 0 fully saturated rings. The molecule has 0 radical (unpaired) electrons. The molecule has 0 rings (SSSR count). The number of nitrogens with zero attached hydrogens (tertiary/aromatic N) is 1. The van der Waals surface area contributed by atoms with E-state index in [2.05, 4.69) is 32.3 Å². The highest BCUT2D eigenvalue weighted by atomic mass is 31.2. The van der Waals surface area contributed by atoms with Crippen LogP contribution in [0, 0.1) is 0 Å². The first kappa shape index (κ1) is 16.5. The van der Waals surface area contributed by atoms with Gasteiger partial charge >= 0.3 is 0 Å². The van der Waals surface area contributed by atoms with Crippen LogP contribution in [0.2, 0.25) is 0 Å². The van der Waals surface area contributed by atoms with Gasteiger partial charge in [-0.2, -0.15) is 0 Å². The summed E-state index contributed by atoms with van der Waals surface area (Å²) < 4.78 is 15.0. The van der Waals surface area contributed by atoms with E-state index in [0.717, 1.165) is 13.8 Å². The van der Waals surface area contributed by atoms with Gasteiger partial charge in [0, 0.05) is 13.8 Å². The van der Waals surface area contributed by atoms with Gasteiger partial charge in [0.1, 0.15) is 7.60 Å². The van der Waals surface area contributed by atoms with Crippen molar-refractivity contribution in [3.05, 3.63) is 0 Å². The third kappa shape index (κ3) is 10.2. The summed E-state index contributed by atoms with van der Waals surface area (Å²) in [6.07, 6.45) is 0. The van der Waals surface area contributed by atoms with Crippen LogP contribution in [0.1, 0.15) is 20.8 Å². The SMILES string of the molecule is CC[N+](C)(CC)CC.COP(C)(=O)[O-]. The standard InChI is InChI=1S/C7H18N.C2H7O3P/c1-5-8(4,6-2)7-3;1-5-6(2,3)4/h5-7H2,1-4H3;1-2H3,(H,3,4)/q+1;/p-1. The van der Waals surface area contributed by atoms with Crippen molar-refractivity contribution in [2.75, 3.05) is 40.5 Å². The van der Waals surface area contributed by atoms with E-state index in [4.69, 9.17) is 0 Å². The van der Waals surface area contributed by atoms with Crippen LogP contribution in [0.3, 0.4) is 0 Å². The van der Waals surface area contributed by atoms with Gasteiger partial charge in [0.2, 0.25) is 0 Å². The van der Waals surface area contributed by atoms with E-state index in [0.29, 0.717) is 0 Å². The van der Waals surface area contributed by atoms with E-state index in [1.54, 1.807) is 0 Å². The maximum Gasteiger partial charge on any atom is 0.131 e. The summed E-state index contributed by atoms with van der Waals surface area (Å²) in [5, 5.41) is 0. The molecule has 5 heteroatoms. The second-order valence-corrected chi connectivity index (χ2v) is 5.43. The molecular weight excluding hydrogens is 201 g/mol. The quantitative estimate of drug-likeness (QED) is 0.535. The fourth-order valence-electron chi connectivity index (χ4n) is 0.671. The molecule has 0 bridgehead atoms. The molecule has 0 saturated heterocycles. The van der Waals surface area contributed by atoms with Crippen LogP contribution in [0.5, 0.6) is 0 Å². The van der Waals surface area contributed by atoms with Gasteiger partial charge in [-0.1, -0.05) is 0 Å². The first-order valence-electron chi connectivity index (χ1n) is 4.92. The molecule has 0 heterocycles. The molecule has 0 aliphatic carbocycles. The highest BCUT2D eigenvalue weighted by Gasteiger charge is 2.10. The van der Waals surface area contributed by atoms with Gasteiger partial charge in [0.25, 0.3) is 0 Å². The Morgan fingerprint density at radius 1 is 1.21 bits per heavy atom. The lowest BCUT2D eigenvalue weighted by atomic mass is 10.4. The van der Waals surface area contributed by atoms with Crippen LogP contribution in [-0.2, 0) is 9.09 Å². The molecule has 0 aliphatic rings. The summed E-state index contributed by atoms with van der Waals surface area (Å²) in [6, 6.07) is 0. The molecule has 88 valence electrons. The lowest BCUT2D eigenvalue weighted by Crippen LogP contribution is -2.42. The lowest BCUT2D eigenvalue weighted by Gasteiger charge is -2.30. The van der Waals surface area contributed by atoms with Crippen molar-refractivity contribution in [1.82, 2.24) is 0 Å². The van der Waals surface area contributed by atoms with Crippen LogP contribution in [0.4, 0.5) is 0 Å². The van der Waals surface area contributed by atoms with E-state index in [1.807, 2.05) is 0 Å². The van der Waals surface area contributed by atoms with E-state index < -0.39 is 7.60 Å². The predicted molar refractivity (Wildman–Crippen MR) is 58.3 cm³/mol. The van der Waals surface area contributed by atoms with Crippen LogP contribution >= 0.6 is 7.60 Å². The monoisotopic (exact) mass is 225 g/mol. The molecule has 0 saturated carbocycles. The number of rotatable bonds is 4. The molecule has 0 aromatic heterocycles. The van der Waals surface area contributed by atoms with Gasteiger partial charge in [-0.05, 0) is 20.8 Å². The van der Waals surface area contributed by atoms with Gasteiger partial charge in [0.05, 0.1) is 26.7 Å². The molecule has 0 spiro atoms. The number of hydrogen-bond donors (Lipinski definition) is 0. The molecule has 1 atom stereocenters. The van der Waals surface area contributed by atoms with Crippen LogP contribution in [-0.4, -0.2) is 44.9 Å². The minimum atomic E-state index is -3.40. The van der Waals surface area contributed by atoms with Crippen LogP contribution < -0.4 is 4.89 Å². The van der Waals surface area contributed by atoms with Crippen molar-refractivity contribution < 1.29 is 18.5 Å². The van der Waals surface area contributed by atoms with E-state index in [-0.39, 0.29) is 0 Å². The molecule has 0 aromatic carbocycles. The third-order valence-corrected chi connectivity index (χ3v) is 3.29. The van der Waals surface area contributed by atoms with E-state index >= 15 is 0 Å². The topological polar surface area (TPSA) is 49.4 Å². The molecule has 4 nitrogen and oxygen atoms in total. The average Bonchev–Trinajstić information content (AvgIpc) is 2.16. The Morgan fingerprint density at radius 3 is 1.43 bits per heavy atom. The molecule has 0 aliphatic heterocycles. The van der Waals surface area contributed by atoms with Crippen molar-refractivity contribution >= 4 is 7.60 Å². The Hall–Kier alpha value is 0.110. The zero-order valence-electron chi connectivity index (χ0n) is 10.2. The summed E-state index contributed by atoms with van der Waals surface area (Å²) >= 11 is 0. The summed E-state index contributed by atoms with van der Waals surface area (Å²) in [5.41, 5.74) is 0. The normalized spacial score (nSPS) is 15.4. The van der Waals surface area contributed by atoms with Gasteiger partial charge in [-0.25, -0.2) is 0 Å².